The molecule has 0 atom stereocenters. The molecule has 124 valence electrons. The molecule has 0 unspecified atom stereocenters. The third-order valence-electron chi connectivity index (χ3n) is 4.44. The van der Waals surface area contributed by atoms with Crippen molar-refractivity contribution in [2.45, 2.75) is 20.3 Å². The van der Waals surface area contributed by atoms with Crippen LogP contribution in [0.25, 0.3) is 27.2 Å². The number of hydrogen-bond acceptors (Lipinski definition) is 4. The highest BCUT2D eigenvalue weighted by Gasteiger charge is 2.16. The number of aromatic nitrogens is 1. The molecule has 0 saturated carbocycles. The van der Waals surface area contributed by atoms with Crippen molar-refractivity contribution in [1.29, 1.82) is 0 Å². The van der Waals surface area contributed by atoms with Crippen molar-refractivity contribution in [2.75, 3.05) is 0 Å². The van der Waals surface area contributed by atoms with E-state index >= 15 is 0 Å². The SMILES string of the molecule is CCC(=O)O/N=C(\C)c1cn2c3ccccc3c(=O)c3cccc1c32. The molecule has 2 aromatic heterocycles. The first-order valence-corrected chi connectivity index (χ1v) is 8.14. The summed E-state index contributed by atoms with van der Waals surface area (Å²) in [5, 5.41) is 6.21. The number of carbonyl (C=O) groups is 1. The van der Waals surface area contributed by atoms with Crippen molar-refractivity contribution in [3.05, 3.63) is 64.4 Å². The first-order valence-electron chi connectivity index (χ1n) is 8.14. The summed E-state index contributed by atoms with van der Waals surface area (Å²) in [6.45, 7) is 3.51. The van der Waals surface area contributed by atoms with Gasteiger partial charge in [0, 0.05) is 34.3 Å². The quantitative estimate of drug-likeness (QED) is 0.249. The lowest BCUT2D eigenvalue weighted by molar-refractivity contribution is -0.143. The Hall–Kier alpha value is -3.21. The second-order valence-electron chi connectivity index (χ2n) is 5.95. The highest BCUT2D eigenvalue weighted by atomic mass is 16.7. The van der Waals surface area contributed by atoms with Crippen molar-refractivity contribution in [2.24, 2.45) is 5.16 Å². The number of rotatable bonds is 3. The molecule has 0 saturated heterocycles. The fraction of sp³-hybridized carbons (Fsp3) is 0.150. The molecular weight excluding hydrogens is 316 g/mol. The zero-order chi connectivity index (χ0) is 17.6. The lowest BCUT2D eigenvalue weighted by Gasteiger charge is -2.05. The molecule has 0 spiro atoms. The van der Waals surface area contributed by atoms with Gasteiger partial charge >= 0.3 is 5.97 Å². The highest BCUT2D eigenvalue weighted by Crippen LogP contribution is 2.28. The van der Waals surface area contributed by atoms with Gasteiger partial charge in [0.15, 0.2) is 5.43 Å². The predicted octanol–water partition coefficient (Wildman–Crippen LogP) is 3.72. The van der Waals surface area contributed by atoms with Crippen molar-refractivity contribution in [3.8, 4) is 0 Å². The van der Waals surface area contributed by atoms with Gasteiger partial charge in [0.2, 0.25) is 0 Å². The van der Waals surface area contributed by atoms with Gasteiger partial charge in [0.25, 0.3) is 0 Å². The molecule has 5 nitrogen and oxygen atoms in total. The lowest BCUT2D eigenvalue weighted by Crippen LogP contribution is -2.05. The fourth-order valence-electron chi connectivity index (χ4n) is 3.20. The average Bonchev–Trinajstić information content (AvgIpc) is 3.04. The number of pyridine rings is 1. The monoisotopic (exact) mass is 332 g/mol. The van der Waals surface area contributed by atoms with E-state index in [1.807, 2.05) is 53.1 Å². The smallest absolute Gasteiger partial charge is 0.318 e. The fourth-order valence-corrected chi connectivity index (χ4v) is 3.20. The third kappa shape index (κ3) is 2.28. The Morgan fingerprint density at radius 2 is 1.80 bits per heavy atom. The summed E-state index contributed by atoms with van der Waals surface area (Å²) in [4.78, 5) is 29.1. The summed E-state index contributed by atoms with van der Waals surface area (Å²) in [5.41, 5.74) is 3.16. The number of benzene rings is 2. The first kappa shape index (κ1) is 15.3. The minimum Gasteiger partial charge on any atom is -0.318 e. The van der Waals surface area contributed by atoms with E-state index < -0.39 is 0 Å². The Labute approximate surface area is 143 Å². The molecule has 0 aliphatic carbocycles. The van der Waals surface area contributed by atoms with Crippen LogP contribution in [0.1, 0.15) is 25.8 Å². The van der Waals surface area contributed by atoms with Crippen LogP contribution in [0.4, 0.5) is 0 Å². The molecule has 25 heavy (non-hydrogen) atoms. The number of nitrogens with zero attached hydrogens (tertiary/aromatic N) is 2. The molecular formula is C20H16N2O3. The molecule has 2 aromatic carbocycles. The van der Waals surface area contributed by atoms with E-state index in [0.717, 1.165) is 22.0 Å². The molecule has 0 bridgehead atoms. The summed E-state index contributed by atoms with van der Waals surface area (Å²) in [6.07, 6.45) is 2.21. The summed E-state index contributed by atoms with van der Waals surface area (Å²) in [7, 11) is 0. The molecule has 0 aliphatic rings. The van der Waals surface area contributed by atoms with Gasteiger partial charge in [-0.25, -0.2) is 4.79 Å². The van der Waals surface area contributed by atoms with E-state index in [9.17, 15) is 9.59 Å². The van der Waals surface area contributed by atoms with Gasteiger partial charge in [0.05, 0.1) is 16.7 Å². The third-order valence-corrected chi connectivity index (χ3v) is 4.44. The van der Waals surface area contributed by atoms with Gasteiger partial charge in [-0.05, 0) is 25.1 Å². The van der Waals surface area contributed by atoms with Gasteiger partial charge < -0.3 is 9.24 Å². The van der Waals surface area contributed by atoms with Crippen LogP contribution in [-0.2, 0) is 9.63 Å². The van der Waals surface area contributed by atoms with E-state index in [0.29, 0.717) is 16.5 Å². The van der Waals surface area contributed by atoms with Crippen LogP contribution in [0.2, 0.25) is 0 Å². The number of carbonyl (C=O) groups excluding carboxylic acids is 1. The number of hydrogen-bond donors (Lipinski definition) is 0. The molecule has 0 fully saturated rings. The topological polar surface area (TPSA) is 60.1 Å². The normalized spacial score (nSPS) is 12.3. The summed E-state index contributed by atoms with van der Waals surface area (Å²) < 4.78 is 2.01. The minimum atomic E-state index is -0.381. The van der Waals surface area contributed by atoms with Crippen LogP contribution in [0, 0.1) is 0 Å². The van der Waals surface area contributed by atoms with Crippen LogP contribution >= 0.6 is 0 Å². The van der Waals surface area contributed by atoms with Crippen LogP contribution in [0.5, 0.6) is 0 Å². The minimum absolute atomic E-state index is 0.0188. The second kappa shape index (κ2) is 5.70. The Morgan fingerprint density at radius 3 is 2.60 bits per heavy atom. The predicted molar refractivity (Wildman–Crippen MR) is 98.5 cm³/mol. The molecule has 0 radical (unpaired) electrons. The number of fused-ring (bicyclic) bond motifs is 2. The van der Waals surface area contributed by atoms with E-state index in [1.54, 1.807) is 13.8 Å². The standard InChI is InChI=1S/C20H16N2O3/c1-3-18(23)25-21-12(2)16-11-22-17-10-5-4-7-14(17)20(24)15-9-6-8-13(16)19(15)22/h4-11H,3H2,1-2H3/b21-12+. The van der Waals surface area contributed by atoms with Crippen LogP contribution in [0.3, 0.4) is 0 Å². The average molecular weight is 332 g/mol. The molecule has 0 aliphatic heterocycles. The van der Waals surface area contributed by atoms with Crippen molar-refractivity contribution in [1.82, 2.24) is 4.40 Å². The van der Waals surface area contributed by atoms with Crippen molar-refractivity contribution >= 4 is 38.9 Å². The van der Waals surface area contributed by atoms with Crippen LogP contribution in [-0.4, -0.2) is 16.1 Å². The van der Waals surface area contributed by atoms with Crippen molar-refractivity contribution in [3.63, 3.8) is 0 Å². The Kier molecular flexibility index (Phi) is 3.50. The zero-order valence-corrected chi connectivity index (χ0v) is 13.9. The molecule has 0 N–H and O–H groups in total. The van der Waals surface area contributed by atoms with Crippen molar-refractivity contribution < 1.29 is 9.63 Å². The van der Waals surface area contributed by atoms with E-state index in [2.05, 4.69) is 5.16 Å². The molecule has 2 heterocycles. The zero-order valence-electron chi connectivity index (χ0n) is 13.9. The van der Waals surface area contributed by atoms with E-state index in [-0.39, 0.29) is 17.8 Å². The largest absolute Gasteiger partial charge is 0.334 e. The summed E-state index contributed by atoms with van der Waals surface area (Å²) >= 11 is 0. The van der Waals surface area contributed by atoms with E-state index in [1.165, 1.54) is 0 Å². The molecule has 4 aromatic rings. The Morgan fingerprint density at radius 1 is 1.08 bits per heavy atom. The van der Waals surface area contributed by atoms with Crippen LogP contribution < -0.4 is 5.43 Å². The molecule has 5 heteroatoms. The first-order chi connectivity index (χ1) is 12.1. The van der Waals surface area contributed by atoms with E-state index in [4.69, 9.17) is 4.84 Å². The maximum Gasteiger partial charge on any atom is 0.334 e. The lowest BCUT2D eigenvalue weighted by atomic mass is 10.1. The maximum absolute atomic E-state index is 12.8. The van der Waals surface area contributed by atoms with Crippen LogP contribution in [0.15, 0.2) is 58.6 Å². The molecule has 0 amide bonds. The Bertz CT molecular complexity index is 1200. The van der Waals surface area contributed by atoms with Gasteiger partial charge in [-0.15, -0.1) is 0 Å². The van der Waals surface area contributed by atoms with Gasteiger partial charge in [-0.1, -0.05) is 36.3 Å². The van der Waals surface area contributed by atoms with Gasteiger partial charge in [-0.3, -0.25) is 4.79 Å². The summed E-state index contributed by atoms with van der Waals surface area (Å²) in [6, 6.07) is 13.2. The number of para-hydroxylation sites is 2. The second-order valence-corrected chi connectivity index (χ2v) is 5.95. The highest BCUT2D eigenvalue weighted by molar-refractivity contribution is 6.14. The maximum atomic E-state index is 12.8. The number of oxime groups is 1. The van der Waals surface area contributed by atoms with Gasteiger partial charge in [0.1, 0.15) is 0 Å². The Balaban J connectivity index is 2.06. The molecule has 4 rings (SSSR count). The summed E-state index contributed by atoms with van der Waals surface area (Å²) in [5.74, 6) is -0.381. The van der Waals surface area contributed by atoms with Gasteiger partial charge in [-0.2, -0.15) is 0 Å².